The Hall–Kier alpha value is -1.88. The number of aromatic carboxylic acids is 1. The summed E-state index contributed by atoms with van der Waals surface area (Å²) in [7, 11) is 0. The van der Waals surface area contributed by atoms with Gasteiger partial charge in [0.05, 0.1) is 28.7 Å². The first-order chi connectivity index (χ1) is 9.57. The van der Waals surface area contributed by atoms with Crippen LogP contribution in [0.5, 0.6) is 0 Å². The first kappa shape index (κ1) is 13.1. The second-order valence-corrected chi connectivity index (χ2v) is 5.49. The van der Waals surface area contributed by atoms with Gasteiger partial charge < -0.3 is 14.4 Å². The Kier molecular flexibility index (Phi) is 3.01. The number of para-hydroxylation sites is 1. The summed E-state index contributed by atoms with van der Waals surface area (Å²) in [4.78, 5) is 16.1. The highest BCUT2D eigenvalue weighted by atomic mass is 16.5. The SMILES string of the molecule is CCc1nc2cccc(C(=O)O)c2n1C1(C)CCOC1. The van der Waals surface area contributed by atoms with Gasteiger partial charge in [-0.1, -0.05) is 13.0 Å². The second-order valence-electron chi connectivity index (χ2n) is 5.49. The number of benzene rings is 1. The van der Waals surface area contributed by atoms with E-state index >= 15 is 0 Å². The lowest BCUT2D eigenvalue weighted by molar-refractivity contribution is 0.0698. The molecule has 20 heavy (non-hydrogen) atoms. The van der Waals surface area contributed by atoms with Crippen molar-refractivity contribution in [2.75, 3.05) is 13.2 Å². The molecule has 0 radical (unpaired) electrons. The number of carboxylic acids is 1. The van der Waals surface area contributed by atoms with Crippen molar-refractivity contribution >= 4 is 17.0 Å². The predicted molar refractivity (Wildman–Crippen MR) is 75.2 cm³/mol. The van der Waals surface area contributed by atoms with E-state index in [2.05, 4.69) is 16.5 Å². The summed E-state index contributed by atoms with van der Waals surface area (Å²) in [6.45, 7) is 5.45. The molecule has 1 N–H and O–H groups in total. The molecule has 1 aromatic carbocycles. The van der Waals surface area contributed by atoms with Gasteiger partial charge in [0.25, 0.3) is 0 Å². The minimum atomic E-state index is -0.915. The van der Waals surface area contributed by atoms with Crippen molar-refractivity contribution in [1.29, 1.82) is 0 Å². The monoisotopic (exact) mass is 274 g/mol. The number of aromatic nitrogens is 2. The first-order valence-corrected chi connectivity index (χ1v) is 6.88. The fraction of sp³-hybridized carbons (Fsp3) is 0.467. The number of nitrogens with zero attached hydrogens (tertiary/aromatic N) is 2. The lowest BCUT2D eigenvalue weighted by Gasteiger charge is -2.27. The van der Waals surface area contributed by atoms with E-state index in [1.807, 2.05) is 13.0 Å². The van der Waals surface area contributed by atoms with Gasteiger partial charge in [-0.2, -0.15) is 0 Å². The Labute approximate surface area is 117 Å². The van der Waals surface area contributed by atoms with E-state index in [-0.39, 0.29) is 5.54 Å². The maximum Gasteiger partial charge on any atom is 0.337 e. The quantitative estimate of drug-likeness (QED) is 0.933. The normalized spacial score (nSPS) is 22.5. The van der Waals surface area contributed by atoms with Crippen molar-refractivity contribution in [2.45, 2.75) is 32.2 Å². The highest BCUT2D eigenvalue weighted by Gasteiger charge is 2.35. The number of hydrogen-bond acceptors (Lipinski definition) is 3. The van der Waals surface area contributed by atoms with Gasteiger partial charge in [0.2, 0.25) is 0 Å². The lowest BCUT2D eigenvalue weighted by atomic mass is 10.00. The van der Waals surface area contributed by atoms with Crippen molar-refractivity contribution in [3.8, 4) is 0 Å². The molecule has 1 fully saturated rings. The van der Waals surface area contributed by atoms with Gasteiger partial charge in [-0.25, -0.2) is 9.78 Å². The van der Waals surface area contributed by atoms with E-state index in [1.165, 1.54) is 0 Å². The predicted octanol–water partition coefficient (Wildman–Crippen LogP) is 2.43. The molecule has 2 aromatic rings. The molecule has 0 amide bonds. The summed E-state index contributed by atoms with van der Waals surface area (Å²) < 4.78 is 7.62. The molecule has 1 aromatic heterocycles. The van der Waals surface area contributed by atoms with Crippen LogP contribution in [0.15, 0.2) is 18.2 Å². The molecule has 5 nitrogen and oxygen atoms in total. The van der Waals surface area contributed by atoms with Crippen molar-refractivity contribution < 1.29 is 14.6 Å². The van der Waals surface area contributed by atoms with Gasteiger partial charge in [-0.15, -0.1) is 0 Å². The van der Waals surface area contributed by atoms with Gasteiger partial charge in [0.1, 0.15) is 5.82 Å². The van der Waals surface area contributed by atoms with Crippen molar-refractivity contribution in [2.24, 2.45) is 0 Å². The van der Waals surface area contributed by atoms with Crippen LogP contribution in [0, 0.1) is 0 Å². The number of carboxylic acid groups (broad SMARTS) is 1. The molecule has 1 unspecified atom stereocenters. The fourth-order valence-electron chi connectivity index (χ4n) is 3.00. The Morgan fingerprint density at radius 3 is 2.95 bits per heavy atom. The van der Waals surface area contributed by atoms with Crippen LogP contribution in [0.2, 0.25) is 0 Å². The molecule has 1 aliphatic heterocycles. The van der Waals surface area contributed by atoms with Crippen molar-refractivity contribution in [1.82, 2.24) is 9.55 Å². The van der Waals surface area contributed by atoms with E-state index in [4.69, 9.17) is 4.74 Å². The molecule has 1 atom stereocenters. The summed E-state index contributed by atoms with van der Waals surface area (Å²) in [6.07, 6.45) is 1.64. The smallest absolute Gasteiger partial charge is 0.337 e. The second kappa shape index (κ2) is 4.59. The van der Waals surface area contributed by atoms with Gasteiger partial charge >= 0.3 is 5.97 Å². The van der Waals surface area contributed by atoms with Crippen LogP contribution < -0.4 is 0 Å². The molecule has 1 saturated heterocycles. The Morgan fingerprint density at radius 2 is 2.35 bits per heavy atom. The van der Waals surface area contributed by atoms with E-state index in [9.17, 15) is 9.90 Å². The minimum absolute atomic E-state index is 0.217. The number of ether oxygens (including phenoxy) is 1. The van der Waals surface area contributed by atoms with Crippen LogP contribution in [-0.4, -0.2) is 33.8 Å². The fourth-order valence-corrected chi connectivity index (χ4v) is 3.00. The molecule has 106 valence electrons. The van der Waals surface area contributed by atoms with Crippen molar-refractivity contribution in [3.63, 3.8) is 0 Å². The Morgan fingerprint density at radius 1 is 1.55 bits per heavy atom. The summed E-state index contributed by atoms with van der Waals surface area (Å²) in [5.74, 6) is 0.00335. The number of rotatable bonds is 3. The molecule has 1 aliphatic rings. The van der Waals surface area contributed by atoms with Crippen LogP contribution in [0.4, 0.5) is 0 Å². The summed E-state index contributed by atoms with van der Waals surface area (Å²) in [5, 5.41) is 9.44. The van der Waals surface area contributed by atoms with Crippen LogP contribution in [0.25, 0.3) is 11.0 Å². The van der Waals surface area contributed by atoms with E-state index in [0.717, 1.165) is 24.2 Å². The van der Waals surface area contributed by atoms with Crippen LogP contribution in [0.1, 0.15) is 36.5 Å². The zero-order valence-corrected chi connectivity index (χ0v) is 11.7. The van der Waals surface area contributed by atoms with Crippen LogP contribution >= 0.6 is 0 Å². The molecule has 0 bridgehead atoms. The van der Waals surface area contributed by atoms with E-state index < -0.39 is 5.97 Å². The minimum Gasteiger partial charge on any atom is -0.478 e. The summed E-state index contributed by atoms with van der Waals surface area (Å²) >= 11 is 0. The molecular weight excluding hydrogens is 256 g/mol. The number of aryl methyl sites for hydroxylation is 1. The number of hydrogen-bond donors (Lipinski definition) is 1. The summed E-state index contributed by atoms with van der Waals surface area (Å²) in [6, 6.07) is 5.26. The molecule has 0 aliphatic carbocycles. The molecular formula is C15H18N2O3. The third kappa shape index (κ3) is 1.81. The van der Waals surface area contributed by atoms with Crippen LogP contribution in [-0.2, 0) is 16.7 Å². The number of imidazole rings is 1. The van der Waals surface area contributed by atoms with Gasteiger partial charge in [-0.3, -0.25) is 0 Å². The zero-order valence-electron chi connectivity index (χ0n) is 11.7. The Bertz CT molecular complexity index is 669. The standard InChI is InChI=1S/C15H18N2O3/c1-3-12-16-11-6-4-5-10(14(18)19)13(11)17(12)15(2)7-8-20-9-15/h4-6H,3,7-9H2,1-2H3,(H,18,19). The maximum absolute atomic E-state index is 11.5. The van der Waals surface area contributed by atoms with E-state index in [1.54, 1.807) is 12.1 Å². The molecule has 0 saturated carbocycles. The van der Waals surface area contributed by atoms with Gasteiger partial charge in [0.15, 0.2) is 0 Å². The topological polar surface area (TPSA) is 64.3 Å². The third-order valence-electron chi connectivity index (χ3n) is 4.03. The summed E-state index contributed by atoms with van der Waals surface area (Å²) in [5.41, 5.74) is 1.55. The molecule has 2 heterocycles. The zero-order chi connectivity index (χ0) is 14.3. The lowest BCUT2D eigenvalue weighted by Crippen LogP contribution is -2.32. The van der Waals surface area contributed by atoms with Gasteiger partial charge in [-0.05, 0) is 25.5 Å². The number of carbonyl (C=O) groups is 1. The average molecular weight is 274 g/mol. The van der Waals surface area contributed by atoms with Crippen molar-refractivity contribution in [3.05, 3.63) is 29.6 Å². The molecule has 3 rings (SSSR count). The van der Waals surface area contributed by atoms with E-state index in [0.29, 0.717) is 24.3 Å². The molecule has 0 spiro atoms. The third-order valence-corrected chi connectivity index (χ3v) is 4.03. The largest absolute Gasteiger partial charge is 0.478 e. The highest BCUT2D eigenvalue weighted by molar-refractivity contribution is 6.01. The molecule has 5 heteroatoms. The maximum atomic E-state index is 11.5. The number of fused-ring (bicyclic) bond motifs is 1. The van der Waals surface area contributed by atoms with Crippen LogP contribution in [0.3, 0.4) is 0 Å². The Balaban J connectivity index is 2.35. The highest BCUT2D eigenvalue weighted by Crippen LogP contribution is 2.34. The first-order valence-electron chi connectivity index (χ1n) is 6.88. The average Bonchev–Trinajstić information content (AvgIpc) is 3.01. The van der Waals surface area contributed by atoms with Gasteiger partial charge in [0, 0.05) is 13.0 Å².